The van der Waals surface area contributed by atoms with Gasteiger partial charge in [-0.1, -0.05) is 44.5 Å². The number of ether oxygens (including phenoxy) is 1. The van der Waals surface area contributed by atoms with E-state index in [-0.39, 0.29) is 18.3 Å². The zero-order chi connectivity index (χ0) is 23.5. The first-order valence-electron chi connectivity index (χ1n) is 9.85. The molecule has 1 aromatic carbocycles. The van der Waals surface area contributed by atoms with Crippen molar-refractivity contribution in [3.05, 3.63) is 61.7 Å². The lowest BCUT2D eigenvalue weighted by Crippen LogP contribution is -2.34. The maximum atomic E-state index is 12.5. The Balaban J connectivity index is 1.57. The van der Waals surface area contributed by atoms with Crippen molar-refractivity contribution in [3.8, 4) is 10.6 Å². The molecule has 32 heavy (non-hydrogen) atoms. The summed E-state index contributed by atoms with van der Waals surface area (Å²) >= 11 is 8.40. The van der Waals surface area contributed by atoms with E-state index in [0.29, 0.717) is 32.0 Å². The number of aryl methyl sites for hydroxylation is 1. The van der Waals surface area contributed by atoms with Gasteiger partial charge in [-0.2, -0.15) is 0 Å². The molecule has 1 amide bonds. The fourth-order valence-corrected chi connectivity index (χ4v) is 4.59. The summed E-state index contributed by atoms with van der Waals surface area (Å²) in [4.78, 5) is 43.1. The molecule has 0 aliphatic carbocycles. The van der Waals surface area contributed by atoms with Crippen LogP contribution in [0.5, 0.6) is 0 Å². The van der Waals surface area contributed by atoms with Crippen LogP contribution in [-0.4, -0.2) is 29.3 Å². The maximum Gasteiger partial charge on any atom is 0.350 e. The highest BCUT2D eigenvalue weighted by molar-refractivity contribution is 7.17. The second-order valence-corrected chi connectivity index (χ2v) is 10.7. The van der Waals surface area contributed by atoms with Gasteiger partial charge in [-0.25, -0.2) is 9.78 Å². The molecular weight excluding hydrogens is 468 g/mol. The summed E-state index contributed by atoms with van der Waals surface area (Å²) in [5.41, 5.74) is 0.916. The average molecular weight is 491 g/mol. The summed E-state index contributed by atoms with van der Waals surface area (Å²) in [6, 6.07) is 10.6. The highest BCUT2D eigenvalue weighted by Gasteiger charge is 2.22. The molecule has 0 aliphatic heterocycles. The van der Waals surface area contributed by atoms with Crippen molar-refractivity contribution < 1.29 is 19.1 Å². The van der Waals surface area contributed by atoms with Crippen molar-refractivity contribution in [2.24, 2.45) is 5.41 Å². The molecule has 0 unspecified atom stereocenters. The van der Waals surface area contributed by atoms with Crippen LogP contribution < -0.4 is 5.32 Å². The summed E-state index contributed by atoms with van der Waals surface area (Å²) in [5, 5.41) is 4.15. The first-order chi connectivity index (χ1) is 15.0. The topological polar surface area (TPSA) is 85.4 Å². The molecule has 2 heterocycles. The van der Waals surface area contributed by atoms with E-state index in [0.717, 1.165) is 10.4 Å². The number of rotatable bonds is 7. The molecule has 0 bridgehead atoms. The zero-order valence-electron chi connectivity index (χ0n) is 18.2. The molecule has 0 saturated heterocycles. The molecule has 9 heteroatoms. The first kappa shape index (κ1) is 24.1. The fourth-order valence-electron chi connectivity index (χ4n) is 2.62. The van der Waals surface area contributed by atoms with Crippen LogP contribution in [0, 0.1) is 12.3 Å². The molecule has 2 aromatic heterocycles. The number of hydrogen-bond acceptors (Lipinski definition) is 7. The van der Waals surface area contributed by atoms with Crippen LogP contribution in [0.2, 0.25) is 5.02 Å². The Kier molecular flexibility index (Phi) is 7.48. The van der Waals surface area contributed by atoms with Gasteiger partial charge in [0.1, 0.15) is 9.88 Å². The third-order valence-electron chi connectivity index (χ3n) is 4.45. The monoisotopic (exact) mass is 490 g/mol. The van der Waals surface area contributed by atoms with Crippen LogP contribution in [0.1, 0.15) is 50.7 Å². The SMILES string of the molecule is Cc1nc(-c2ccc(Cl)cc2)sc1C(=O)OCC(=O)c1ccc(CNC(=O)C(C)(C)C)s1. The number of carbonyl (C=O) groups is 3. The van der Waals surface area contributed by atoms with Crippen molar-refractivity contribution in [2.75, 3.05) is 6.61 Å². The lowest BCUT2D eigenvalue weighted by atomic mass is 9.96. The Morgan fingerprint density at radius 3 is 2.41 bits per heavy atom. The van der Waals surface area contributed by atoms with Gasteiger partial charge in [0, 0.05) is 20.9 Å². The smallest absolute Gasteiger partial charge is 0.350 e. The Bertz CT molecular complexity index is 1140. The van der Waals surface area contributed by atoms with Gasteiger partial charge < -0.3 is 10.1 Å². The molecule has 1 N–H and O–H groups in total. The van der Waals surface area contributed by atoms with Gasteiger partial charge in [0.05, 0.1) is 17.1 Å². The molecule has 0 fully saturated rings. The minimum absolute atomic E-state index is 0.0643. The van der Waals surface area contributed by atoms with E-state index in [2.05, 4.69) is 10.3 Å². The summed E-state index contributed by atoms with van der Waals surface area (Å²) < 4.78 is 5.24. The van der Waals surface area contributed by atoms with E-state index in [1.54, 1.807) is 31.2 Å². The Hall–Kier alpha value is -2.55. The van der Waals surface area contributed by atoms with Crippen LogP contribution in [0.15, 0.2) is 36.4 Å². The van der Waals surface area contributed by atoms with Crippen LogP contribution in [0.3, 0.4) is 0 Å². The summed E-state index contributed by atoms with van der Waals surface area (Å²) in [7, 11) is 0. The maximum absolute atomic E-state index is 12.5. The number of benzene rings is 1. The van der Waals surface area contributed by atoms with Crippen LogP contribution in [0.25, 0.3) is 10.6 Å². The highest BCUT2D eigenvalue weighted by atomic mass is 35.5. The molecule has 3 aromatic rings. The van der Waals surface area contributed by atoms with E-state index in [1.807, 2.05) is 32.9 Å². The van der Waals surface area contributed by atoms with Gasteiger partial charge in [0.15, 0.2) is 6.61 Å². The van der Waals surface area contributed by atoms with Gasteiger partial charge >= 0.3 is 5.97 Å². The van der Waals surface area contributed by atoms with E-state index in [4.69, 9.17) is 16.3 Å². The number of aromatic nitrogens is 1. The molecule has 0 aliphatic rings. The summed E-state index contributed by atoms with van der Waals surface area (Å²) in [5.74, 6) is -0.940. The molecule has 168 valence electrons. The summed E-state index contributed by atoms with van der Waals surface area (Å²) in [6.07, 6.45) is 0. The lowest BCUT2D eigenvalue weighted by Gasteiger charge is -2.17. The number of nitrogens with one attached hydrogen (secondary N) is 1. The Morgan fingerprint density at radius 2 is 1.75 bits per heavy atom. The first-order valence-corrected chi connectivity index (χ1v) is 11.9. The van der Waals surface area contributed by atoms with E-state index >= 15 is 0 Å². The van der Waals surface area contributed by atoms with Crippen molar-refractivity contribution in [3.63, 3.8) is 0 Å². The second kappa shape index (κ2) is 9.94. The number of thiophene rings is 1. The van der Waals surface area contributed by atoms with Gasteiger partial charge in [-0.3, -0.25) is 9.59 Å². The number of carbonyl (C=O) groups excluding carboxylic acids is 3. The minimum atomic E-state index is -0.581. The molecule has 6 nitrogen and oxygen atoms in total. The van der Waals surface area contributed by atoms with Gasteiger partial charge in [0.2, 0.25) is 11.7 Å². The molecule has 0 atom stereocenters. The Morgan fingerprint density at radius 1 is 1.06 bits per heavy atom. The zero-order valence-corrected chi connectivity index (χ0v) is 20.5. The number of nitrogens with zero attached hydrogens (tertiary/aromatic N) is 1. The van der Waals surface area contributed by atoms with Crippen LogP contribution >= 0.6 is 34.3 Å². The third-order valence-corrected chi connectivity index (χ3v) is 7.01. The Labute approximate surface area is 199 Å². The van der Waals surface area contributed by atoms with Crippen LogP contribution in [0.4, 0.5) is 0 Å². The standard InChI is InChI=1S/C23H23ClN2O4S2/c1-13-19(32-20(26-13)14-5-7-15(24)8-6-14)21(28)30-12-17(27)18-10-9-16(31-18)11-25-22(29)23(2,3)4/h5-10H,11-12H2,1-4H3,(H,25,29). The quantitative estimate of drug-likeness (QED) is 0.347. The number of thiazole rings is 1. The average Bonchev–Trinajstić information content (AvgIpc) is 3.36. The van der Waals surface area contributed by atoms with Gasteiger partial charge in [0.25, 0.3) is 0 Å². The number of Topliss-reactive ketones (excluding diaryl/α,β-unsaturated/α-hetero) is 1. The fraction of sp³-hybridized carbons (Fsp3) is 0.304. The van der Waals surface area contributed by atoms with Crippen molar-refractivity contribution in [1.29, 1.82) is 0 Å². The van der Waals surface area contributed by atoms with Crippen LogP contribution in [-0.2, 0) is 16.1 Å². The van der Waals surface area contributed by atoms with Crippen molar-refractivity contribution in [1.82, 2.24) is 10.3 Å². The number of halogens is 1. The lowest BCUT2D eigenvalue weighted by molar-refractivity contribution is -0.128. The molecule has 0 radical (unpaired) electrons. The second-order valence-electron chi connectivity index (χ2n) is 8.14. The van der Waals surface area contributed by atoms with Gasteiger partial charge in [-0.15, -0.1) is 22.7 Å². The number of amides is 1. The molecular formula is C23H23ClN2O4S2. The molecule has 0 spiro atoms. The normalized spacial score (nSPS) is 11.3. The van der Waals surface area contributed by atoms with Crippen molar-refractivity contribution >= 4 is 51.9 Å². The molecule has 0 saturated carbocycles. The van der Waals surface area contributed by atoms with E-state index < -0.39 is 11.4 Å². The summed E-state index contributed by atoms with van der Waals surface area (Å²) in [6.45, 7) is 7.23. The largest absolute Gasteiger partial charge is 0.453 e. The third kappa shape index (κ3) is 6.03. The van der Waals surface area contributed by atoms with Crippen molar-refractivity contribution in [2.45, 2.75) is 34.2 Å². The highest BCUT2D eigenvalue weighted by Crippen LogP contribution is 2.29. The number of ketones is 1. The number of esters is 1. The predicted molar refractivity (Wildman–Crippen MR) is 128 cm³/mol. The number of hydrogen-bond donors (Lipinski definition) is 1. The van der Waals surface area contributed by atoms with E-state index in [9.17, 15) is 14.4 Å². The molecule has 3 rings (SSSR count). The van der Waals surface area contributed by atoms with Gasteiger partial charge in [-0.05, 0) is 31.2 Å². The minimum Gasteiger partial charge on any atom is -0.453 e. The predicted octanol–water partition coefficient (Wildman–Crippen LogP) is 5.54. The van der Waals surface area contributed by atoms with E-state index in [1.165, 1.54) is 22.7 Å².